The van der Waals surface area contributed by atoms with Crippen molar-refractivity contribution in [2.75, 3.05) is 0 Å². The summed E-state index contributed by atoms with van der Waals surface area (Å²) in [5.41, 5.74) is -0.749. The maximum atomic E-state index is 12.1. The van der Waals surface area contributed by atoms with E-state index in [1.807, 2.05) is 6.92 Å². The highest BCUT2D eigenvalue weighted by Gasteiger charge is 2.40. The molecule has 16 heavy (non-hydrogen) atoms. The van der Waals surface area contributed by atoms with E-state index in [2.05, 4.69) is 25.2 Å². The molecule has 1 N–H and O–H groups in total. The minimum Gasteiger partial charge on any atom is -0.352 e. The molecule has 0 spiro atoms. The van der Waals surface area contributed by atoms with E-state index in [9.17, 15) is 10.1 Å². The highest BCUT2D eigenvalue weighted by atomic mass is 16.2. The van der Waals surface area contributed by atoms with Crippen LogP contribution >= 0.6 is 0 Å². The number of carbonyl (C=O) groups excluding carboxylic acids is 1. The second-order valence-electron chi connectivity index (χ2n) is 5.26. The number of nitriles is 1. The van der Waals surface area contributed by atoms with Crippen LogP contribution in [-0.2, 0) is 4.79 Å². The van der Waals surface area contributed by atoms with E-state index >= 15 is 0 Å². The molecule has 3 heteroatoms. The maximum Gasteiger partial charge on any atom is 0.240 e. The number of nitrogens with zero attached hydrogens (tertiary/aromatic N) is 1. The van der Waals surface area contributed by atoms with Crippen molar-refractivity contribution in [3.05, 3.63) is 0 Å². The van der Waals surface area contributed by atoms with Gasteiger partial charge in [0.05, 0.1) is 6.07 Å². The summed E-state index contributed by atoms with van der Waals surface area (Å²) < 4.78 is 0. The average molecular weight is 222 g/mol. The van der Waals surface area contributed by atoms with Gasteiger partial charge in [0, 0.05) is 6.04 Å². The molecule has 1 atom stereocenters. The summed E-state index contributed by atoms with van der Waals surface area (Å²) in [6.07, 6.45) is 4.59. The Morgan fingerprint density at radius 1 is 1.25 bits per heavy atom. The van der Waals surface area contributed by atoms with Crippen molar-refractivity contribution >= 4 is 5.91 Å². The average Bonchev–Trinajstić information content (AvgIpc) is 2.29. The molecular formula is C13H22N2O. The number of nitrogens with one attached hydrogen (secondary N) is 1. The van der Waals surface area contributed by atoms with Crippen molar-refractivity contribution in [3.8, 4) is 6.07 Å². The Morgan fingerprint density at radius 3 is 2.25 bits per heavy atom. The van der Waals surface area contributed by atoms with Gasteiger partial charge in [-0.25, -0.2) is 0 Å². The lowest BCUT2D eigenvalue weighted by molar-refractivity contribution is -0.130. The van der Waals surface area contributed by atoms with Crippen LogP contribution in [-0.4, -0.2) is 11.9 Å². The maximum absolute atomic E-state index is 12.1. The Labute approximate surface area is 98.2 Å². The van der Waals surface area contributed by atoms with Crippen LogP contribution in [0.15, 0.2) is 0 Å². The van der Waals surface area contributed by atoms with Gasteiger partial charge in [-0.05, 0) is 25.7 Å². The summed E-state index contributed by atoms with van der Waals surface area (Å²) in [6, 6.07) is 2.39. The number of hydrogen-bond acceptors (Lipinski definition) is 2. The quantitative estimate of drug-likeness (QED) is 0.798. The van der Waals surface area contributed by atoms with Crippen LogP contribution < -0.4 is 5.32 Å². The molecule has 1 rings (SSSR count). The van der Waals surface area contributed by atoms with Gasteiger partial charge in [-0.1, -0.05) is 33.1 Å². The molecule has 1 saturated carbocycles. The lowest BCUT2D eigenvalue weighted by Gasteiger charge is -2.31. The standard InChI is InChI=1S/C13H22N2O/c1-10(2)11(3)15-12(16)13(9-14)7-5-4-6-8-13/h10-11H,4-8H2,1-3H3,(H,15,16). The molecule has 1 aliphatic rings. The number of hydrogen-bond donors (Lipinski definition) is 1. The fourth-order valence-electron chi connectivity index (χ4n) is 2.06. The molecule has 0 aromatic rings. The zero-order valence-electron chi connectivity index (χ0n) is 10.5. The first kappa shape index (κ1) is 13.0. The van der Waals surface area contributed by atoms with Crippen molar-refractivity contribution in [2.45, 2.75) is 58.9 Å². The third-order valence-electron chi connectivity index (χ3n) is 3.71. The van der Waals surface area contributed by atoms with Crippen LogP contribution in [0.3, 0.4) is 0 Å². The Morgan fingerprint density at radius 2 is 1.81 bits per heavy atom. The summed E-state index contributed by atoms with van der Waals surface area (Å²) in [5, 5.41) is 12.2. The van der Waals surface area contributed by atoms with E-state index < -0.39 is 5.41 Å². The van der Waals surface area contributed by atoms with Crippen molar-refractivity contribution in [1.82, 2.24) is 5.32 Å². The van der Waals surface area contributed by atoms with Crippen LogP contribution in [0.25, 0.3) is 0 Å². The van der Waals surface area contributed by atoms with Gasteiger partial charge in [-0.15, -0.1) is 0 Å². The van der Waals surface area contributed by atoms with Gasteiger partial charge in [0.2, 0.25) is 5.91 Å². The summed E-state index contributed by atoms with van der Waals surface area (Å²) in [6.45, 7) is 6.15. The predicted molar refractivity (Wildman–Crippen MR) is 63.6 cm³/mol. The molecule has 0 saturated heterocycles. The van der Waals surface area contributed by atoms with Crippen LogP contribution in [0.5, 0.6) is 0 Å². The first-order valence-electron chi connectivity index (χ1n) is 6.24. The fourth-order valence-corrected chi connectivity index (χ4v) is 2.06. The van der Waals surface area contributed by atoms with Crippen molar-refractivity contribution in [3.63, 3.8) is 0 Å². The predicted octanol–water partition coefficient (Wildman–Crippen LogP) is 2.62. The summed E-state index contributed by atoms with van der Waals surface area (Å²) in [4.78, 5) is 12.1. The molecule has 0 bridgehead atoms. The molecule has 1 unspecified atom stereocenters. The van der Waals surface area contributed by atoms with E-state index in [0.717, 1.165) is 32.1 Å². The molecule has 0 aromatic carbocycles. The summed E-state index contributed by atoms with van der Waals surface area (Å²) in [5.74, 6) is 0.346. The third-order valence-corrected chi connectivity index (χ3v) is 3.71. The minimum absolute atomic E-state index is 0.0594. The monoisotopic (exact) mass is 222 g/mol. The van der Waals surface area contributed by atoms with E-state index in [1.165, 1.54) is 0 Å². The highest BCUT2D eigenvalue weighted by Crippen LogP contribution is 2.36. The Hall–Kier alpha value is -1.04. The number of amides is 1. The first-order valence-corrected chi connectivity index (χ1v) is 6.24. The zero-order valence-corrected chi connectivity index (χ0v) is 10.5. The second-order valence-corrected chi connectivity index (χ2v) is 5.26. The molecule has 1 amide bonds. The number of carbonyl (C=O) groups is 1. The lowest BCUT2D eigenvalue weighted by atomic mass is 9.74. The van der Waals surface area contributed by atoms with Crippen molar-refractivity contribution in [1.29, 1.82) is 5.26 Å². The largest absolute Gasteiger partial charge is 0.352 e. The zero-order chi connectivity index (χ0) is 12.2. The topological polar surface area (TPSA) is 52.9 Å². The molecule has 0 aromatic heterocycles. The summed E-state index contributed by atoms with van der Waals surface area (Å²) in [7, 11) is 0. The molecule has 0 radical (unpaired) electrons. The Balaban J connectivity index is 2.66. The molecule has 3 nitrogen and oxygen atoms in total. The van der Waals surface area contributed by atoms with Crippen molar-refractivity contribution in [2.24, 2.45) is 11.3 Å². The van der Waals surface area contributed by atoms with Crippen LogP contribution in [0, 0.1) is 22.7 Å². The van der Waals surface area contributed by atoms with Gasteiger partial charge in [0.25, 0.3) is 0 Å². The van der Waals surface area contributed by atoms with Gasteiger partial charge in [-0.3, -0.25) is 4.79 Å². The SMILES string of the molecule is CC(C)C(C)NC(=O)C1(C#N)CCCCC1. The Bertz CT molecular complexity index is 285. The Kier molecular flexibility index (Phi) is 4.35. The lowest BCUT2D eigenvalue weighted by Crippen LogP contribution is -2.46. The van der Waals surface area contributed by atoms with Gasteiger partial charge < -0.3 is 5.32 Å². The number of rotatable bonds is 3. The van der Waals surface area contributed by atoms with Crippen molar-refractivity contribution < 1.29 is 4.79 Å². The fraction of sp³-hybridized carbons (Fsp3) is 0.846. The smallest absolute Gasteiger partial charge is 0.240 e. The van der Waals surface area contributed by atoms with Gasteiger partial charge >= 0.3 is 0 Å². The molecule has 0 heterocycles. The van der Waals surface area contributed by atoms with E-state index in [0.29, 0.717) is 5.92 Å². The molecule has 90 valence electrons. The van der Waals surface area contributed by atoms with Crippen LogP contribution in [0.2, 0.25) is 0 Å². The minimum atomic E-state index is -0.749. The van der Waals surface area contributed by atoms with Crippen LogP contribution in [0.4, 0.5) is 0 Å². The summed E-state index contributed by atoms with van der Waals surface area (Å²) >= 11 is 0. The molecule has 1 fully saturated rings. The highest BCUT2D eigenvalue weighted by molar-refractivity contribution is 5.85. The first-order chi connectivity index (χ1) is 7.52. The molecular weight excluding hydrogens is 200 g/mol. The van der Waals surface area contributed by atoms with E-state index in [4.69, 9.17) is 0 Å². The normalized spacial score (nSPS) is 21.2. The van der Waals surface area contributed by atoms with Gasteiger partial charge in [0.1, 0.15) is 5.41 Å². The third kappa shape index (κ3) is 2.75. The van der Waals surface area contributed by atoms with Gasteiger partial charge in [-0.2, -0.15) is 5.26 Å². The van der Waals surface area contributed by atoms with Gasteiger partial charge in [0.15, 0.2) is 0 Å². The molecule has 0 aliphatic heterocycles. The van der Waals surface area contributed by atoms with E-state index in [1.54, 1.807) is 0 Å². The van der Waals surface area contributed by atoms with E-state index in [-0.39, 0.29) is 11.9 Å². The molecule has 1 aliphatic carbocycles. The second kappa shape index (κ2) is 5.34. The van der Waals surface area contributed by atoms with Crippen LogP contribution in [0.1, 0.15) is 52.9 Å².